The Morgan fingerprint density at radius 1 is 1.33 bits per heavy atom. The molecule has 1 heterocycles. The number of hydrogen-bond donors (Lipinski definition) is 1. The first-order valence-electron chi connectivity index (χ1n) is 4.80. The summed E-state index contributed by atoms with van der Waals surface area (Å²) in [5.41, 5.74) is 7.87. The molecule has 0 spiro atoms. The molecule has 1 aromatic heterocycles. The molecule has 0 fully saturated rings. The molecular weight excluding hydrogens is 206 g/mol. The summed E-state index contributed by atoms with van der Waals surface area (Å²) in [4.78, 5) is 0. The summed E-state index contributed by atoms with van der Waals surface area (Å²) in [7, 11) is 0. The number of ether oxygens (including phenoxy) is 1. The SMILES string of the molecule is Cc1csc(Oc2cccc(CN)c2)c1. The maximum absolute atomic E-state index is 5.70. The Morgan fingerprint density at radius 3 is 2.87 bits per heavy atom. The fraction of sp³-hybridized carbons (Fsp3) is 0.167. The van der Waals surface area contributed by atoms with Crippen molar-refractivity contribution >= 4 is 11.3 Å². The van der Waals surface area contributed by atoms with Gasteiger partial charge in [0.2, 0.25) is 0 Å². The van der Waals surface area contributed by atoms with Gasteiger partial charge in [0.15, 0.2) is 5.06 Å². The molecule has 0 unspecified atom stereocenters. The Bertz CT molecular complexity index is 450. The van der Waals surface area contributed by atoms with Crippen molar-refractivity contribution in [2.75, 3.05) is 0 Å². The molecule has 0 saturated heterocycles. The van der Waals surface area contributed by atoms with Gasteiger partial charge in [-0.25, -0.2) is 0 Å². The average Bonchev–Trinajstić information content (AvgIpc) is 2.64. The lowest BCUT2D eigenvalue weighted by Gasteiger charge is -2.03. The van der Waals surface area contributed by atoms with Crippen LogP contribution in [-0.4, -0.2) is 0 Å². The van der Waals surface area contributed by atoms with Gasteiger partial charge in [-0.1, -0.05) is 12.1 Å². The third-order valence-corrected chi connectivity index (χ3v) is 2.98. The lowest BCUT2D eigenvalue weighted by Crippen LogP contribution is -1.95. The summed E-state index contributed by atoms with van der Waals surface area (Å²) in [6, 6.07) is 9.88. The van der Waals surface area contributed by atoms with E-state index in [1.54, 1.807) is 11.3 Å². The number of aryl methyl sites for hydroxylation is 1. The first kappa shape index (κ1) is 10.2. The van der Waals surface area contributed by atoms with E-state index in [2.05, 4.69) is 12.3 Å². The van der Waals surface area contributed by atoms with Gasteiger partial charge in [0.25, 0.3) is 0 Å². The maximum atomic E-state index is 5.70. The predicted molar refractivity (Wildman–Crippen MR) is 63.5 cm³/mol. The van der Waals surface area contributed by atoms with Gasteiger partial charge in [-0.3, -0.25) is 0 Å². The minimum absolute atomic E-state index is 0.542. The van der Waals surface area contributed by atoms with Crippen molar-refractivity contribution in [3.8, 4) is 10.8 Å². The fourth-order valence-corrected chi connectivity index (χ4v) is 2.08. The van der Waals surface area contributed by atoms with Crippen molar-refractivity contribution in [3.05, 3.63) is 46.8 Å². The molecule has 0 saturated carbocycles. The first-order chi connectivity index (χ1) is 7.28. The summed E-state index contributed by atoms with van der Waals surface area (Å²) in [6.07, 6.45) is 0. The number of nitrogens with two attached hydrogens (primary N) is 1. The molecule has 0 atom stereocenters. The van der Waals surface area contributed by atoms with Crippen molar-refractivity contribution in [2.24, 2.45) is 5.73 Å². The quantitative estimate of drug-likeness (QED) is 0.859. The smallest absolute Gasteiger partial charge is 0.181 e. The zero-order valence-electron chi connectivity index (χ0n) is 8.57. The normalized spacial score (nSPS) is 10.3. The Labute approximate surface area is 93.3 Å². The van der Waals surface area contributed by atoms with Crippen LogP contribution in [0.25, 0.3) is 0 Å². The van der Waals surface area contributed by atoms with E-state index in [0.717, 1.165) is 16.4 Å². The molecule has 2 nitrogen and oxygen atoms in total. The number of benzene rings is 1. The van der Waals surface area contributed by atoms with Gasteiger partial charge in [-0.05, 0) is 41.6 Å². The van der Waals surface area contributed by atoms with Crippen LogP contribution in [0, 0.1) is 6.92 Å². The summed E-state index contributed by atoms with van der Waals surface area (Å²) in [5.74, 6) is 0.847. The van der Waals surface area contributed by atoms with E-state index >= 15 is 0 Å². The van der Waals surface area contributed by atoms with Crippen molar-refractivity contribution < 1.29 is 4.74 Å². The Morgan fingerprint density at radius 2 is 2.20 bits per heavy atom. The van der Waals surface area contributed by atoms with Gasteiger partial charge in [0.1, 0.15) is 5.75 Å². The van der Waals surface area contributed by atoms with E-state index in [-0.39, 0.29) is 0 Å². The van der Waals surface area contributed by atoms with Crippen LogP contribution < -0.4 is 10.5 Å². The lowest BCUT2D eigenvalue weighted by molar-refractivity contribution is 0.495. The molecule has 0 aliphatic heterocycles. The zero-order chi connectivity index (χ0) is 10.7. The van der Waals surface area contributed by atoms with Crippen LogP contribution in [-0.2, 0) is 6.54 Å². The van der Waals surface area contributed by atoms with E-state index in [1.165, 1.54) is 5.56 Å². The molecule has 2 aromatic rings. The number of rotatable bonds is 3. The zero-order valence-corrected chi connectivity index (χ0v) is 9.38. The monoisotopic (exact) mass is 219 g/mol. The molecule has 0 amide bonds. The predicted octanol–water partition coefficient (Wildman–Crippen LogP) is 3.31. The van der Waals surface area contributed by atoms with E-state index in [1.807, 2.05) is 30.3 Å². The van der Waals surface area contributed by atoms with Crippen molar-refractivity contribution in [1.82, 2.24) is 0 Å². The molecule has 2 rings (SSSR count). The van der Waals surface area contributed by atoms with Crippen LogP contribution in [0.5, 0.6) is 10.8 Å². The van der Waals surface area contributed by atoms with Crippen LogP contribution in [0.15, 0.2) is 35.7 Å². The van der Waals surface area contributed by atoms with Gasteiger partial charge in [0, 0.05) is 6.54 Å². The summed E-state index contributed by atoms with van der Waals surface area (Å²) < 4.78 is 5.70. The molecule has 78 valence electrons. The highest BCUT2D eigenvalue weighted by molar-refractivity contribution is 7.12. The minimum atomic E-state index is 0.542. The van der Waals surface area contributed by atoms with Crippen LogP contribution in [0.3, 0.4) is 0 Å². The number of thiophene rings is 1. The standard InChI is InChI=1S/C12H13NOS/c1-9-5-12(15-8-9)14-11-4-2-3-10(6-11)7-13/h2-6,8H,7,13H2,1H3. The second-order valence-corrected chi connectivity index (χ2v) is 4.27. The minimum Gasteiger partial charge on any atom is -0.447 e. The molecule has 0 bridgehead atoms. The summed E-state index contributed by atoms with van der Waals surface area (Å²) in [5, 5.41) is 2.99. The molecule has 3 heteroatoms. The first-order valence-corrected chi connectivity index (χ1v) is 5.68. The highest BCUT2D eigenvalue weighted by Crippen LogP contribution is 2.28. The molecule has 0 aliphatic carbocycles. The van der Waals surface area contributed by atoms with Gasteiger partial charge in [-0.15, -0.1) is 11.3 Å². The lowest BCUT2D eigenvalue weighted by atomic mass is 10.2. The van der Waals surface area contributed by atoms with E-state index in [0.29, 0.717) is 6.54 Å². The Balaban J connectivity index is 2.16. The largest absolute Gasteiger partial charge is 0.447 e. The second kappa shape index (κ2) is 4.47. The third kappa shape index (κ3) is 2.58. The molecule has 1 aromatic carbocycles. The van der Waals surface area contributed by atoms with E-state index < -0.39 is 0 Å². The topological polar surface area (TPSA) is 35.2 Å². The fourth-order valence-electron chi connectivity index (χ4n) is 1.31. The third-order valence-electron chi connectivity index (χ3n) is 2.06. The van der Waals surface area contributed by atoms with Crippen molar-refractivity contribution in [1.29, 1.82) is 0 Å². The van der Waals surface area contributed by atoms with Gasteiger partial charge in [0.05, 0.1) is 0 Å². The maximum Gasteiger partial charge on any atom is 0.181 e. The summed E-state index contributed by atoms with van der Waals surface area (Å²) in [6.45, 7) is 2.60. The molecule has 0 radical (unpaired) electrons. The second-order valence-electron chi connectivity index (χ2n) is 3.40. The van der Waals surface area contributed by atoms with Gasteiger partial charge in [-0.2, -0.15) is 0 Å². The highest BCUT2D eigenvalue weighted by Gasteiger charge is 2.00. The molecule has 0 aliphatic rings. The van der Waals surface area contributed by atoms with Gasteiger partial charge >= 0.3 is 0 Å². The van der Waals surface area contributed by atoms with E-state index in [4.69, 9.17) is 10.5 Å². The highest BCUT2D eigenvalue weighted by atomic mass is 32.1. The molecule has 2 N–H and O–H groups in total. The van der Waals surface area contributed by atoms with Gasteiger partial charge < -0.3 is 10.5 Å². The molecule has 15 heavy (non-hydrogen) atoms. The number of hydrogen-bond acceptors (Lipinski definition) is 3. The Kier molecular flexibility index (Phi) is 3.04. The Hall–Kier alpha value is -1.32. The van der Waals surface area contributed by atoms with Crippen LogP contribution in [0.4, 0.5) is 0 Å². The van der Waals surface area contributed by atoms with Crippen LogP contribution in [0.1, 0.15) is 11.1 Å². The average molecular weight is 219 g/mol. The summed E-state index contributed by atoms with van der Waals surface area (Å²) >= 11 is 1.60. The van der Waals surface area contributed by atoms with Crippen LogP contribution in [0.2, 0.25) is 0 Å². The van der Waals surface area contributed by atoms with E-state index in [9.17, 15) is 0 Å². The van der Waals surface area contributed by atoms with Crippen LogP contribution >= 0.6 is 11.3 Å². The van der Waals surface area contributed by atoms with Crippen molar-refractivity contribution in [2.45, 2.75) is 13.5 Å². The van der Waals surface area contributed by atoms with Crippen molar-refractivity contribution in [3.63, 3.8) is 0 Å². The molecular formula is C12H13NOS.